The van der Waals surface area contributed by atoms with Crippen LogP contribution < -0.4 is 15.4 Å². The number of nitrogens with one attached hydrogen (secondary N) is 2. The van der Waals surface area contributed by atoms with Crippen LogP contribution in [0.25, 0.3) is 0 Å². The first kappa shape index (κ1) is 16.7. The van der Waals surface area contributed by atoms with E-state index < -0.39 is 10.8 Å². The molecular weight excluding hydrogens is 276 g/mol. The molecule has 0 heterocycles. The molecule has 6 heteroatoms. The largest absolute Gasteiger partial charge is 0.497 e. The van der Waals surface area contributed by atoms with Gasteiger partial charge in [-0.25, -0.2) is 0 Å². The molecule has 1 rings (SSSR count). The lowest BCUT2D eigenvalue weighted by Crippen LogP contribution is -2.35. The van der Waals surface area contributed by atoms with E-state index in [1.807, 2.05) is 6.92 Å². The SMILES string of the molecule is COc1ccc(NC(=O)CNC(C)CCS(C)=O)cc1. The van der Waals surface area contributed by atoms with Crippen LogP contribution in [-0.2, 0) is 15.6 Å². The minimum atomic E-state index is -0.788. The van der Waals surface area contributed by atoms with Gasteiger partial charge in [0.1, 0.15) is 5.75 Å². The number of rotatable bonds is 8. The van der Waals surface area contributed by atoms with Crippen molar-refractivity contribution < 1.29 is 13.7 Å². The van der Waals surface area contributed by atoms with Crippen LogP contribution in [0, 0.1) is 0 Å². The molecule has 0 fully saturated rings. The van der Waals surface area contributed by atoms with Gasteiger partial charge in [0.15, 0.2) is 0 Å². The Hall–Kier alpha value is -1.40. The summed E-state index contributed by atoms with van der Waals surface area (Å²) in [6.45, 7) is 2.22. The van der Waals surface area contributed by atoms with E-state index in [0.29, 0.717) is 5.75 Å². The quantitative estimate of drug-likeness (QED) is 0.761. The molecule has 0 spiro atoms. The lowest BCUT2D eigenvalue weighted by Gasteiger charge is -2.13. The van der Waals surface area contributed by atoms with Crippen molar-refractivity contribution in [3.05, 3.63) is 24.3 Å². The van der Waals surface area contributed by atoms with Crippen molar-refractivity contribution in [1.82, 2.24) is 5.32 Å². The second kappa shape index (κ2) is 8.71. The van der Waals surface area contributed by atoms with Gasteiger partial charge in [-0.05, 0) is 37.6 Å². The van der Waals surface area contributed by atoms with Gasteiger partial charge in [0.2, 0.25) is 5.91 Å². The van der Waals surface area contributed by atoms with Gasteiger partial charge >= 0.3 is 0 Å². The molecule has 0 radical (unpaired) electrons. The van der Waals surface area contributed by atoms with Gasteiger partial charge in [-0.1, -0.05) is 0 Å². The summed E-state index contributed by atoms with van der Waals surface area (Å²) < 4.78 is 16.0. The fraction of sp³-hybridized carbons (Fsp3) is 0.500. The third kappa shape index (κ3) is 6.68. The van der Waals surface area contributed by atoms with E-state index in [9.17, 15) is 9.00 Å². The second-order valence-corrected chi connectivity index (χ2v) is 6.18. The molecule has 1 aromatic rings. The first-order valence-corrected chi connectivity index (χ1v) is 8.21. The Morgan fingerprint density at radius 2 is 2.00 bits per heavy atom. The maximum atomic E-state index is 11.7. The third-order valence-electron chi connectivity index (χ3n) is 2.82. The predicted molar refractivity (Wildman–Crippen MR) is 82.6 cm³/mol. The summed E-state index contributed by atoms with van der Waals surface area (Å²) in [4.78, 5) is 11.7. The molecule has 0 aliphatic rings. The average molecular weight is 298 g/mol. The number of methoxy groups -OCH3 is 1. The summed E-state index contributed by atoms with van der Waals surface area (Å²) in [5, 5.41) is 5.91. The number of hydrogen-bond acceptors (Lipinski definition) is 4. The van der Waals surface area contributed by atoms with Crippen molar-refractivity contribution in [1.29, 1.82) is 0 Å². The first-order valence-electron chi connectivity index (χ1n) is 6.48. The van der Waals surface area contributed by atoms with Crippen LogP contribution in [-0.4, -0.2) is 41.8 Å². The Morgan fingerprint density at radius 1 is 1.35 bits per heavy atom. The lowest BCUT2D eigenvalue weighted by atomic mass is 10.2. The second-order valence-electron chi connectivity index (χ2n) is 4.62. The minimum Gasteiger partial charge on any atom is -0.497 e. The van der Waals surface area contributed by atoms with Crippen LogP contribution >= 0.6 is 0 Å². The highest BCUT2D eigenvalue weighted by Crippen LogP contribution is 2.14. The van der Waals surface area contributed by atoms with E-state index in [1.54, 1.807) is 37.6 Å². The summed E-state index contributed by atoms with van der Waals surface area (Å²) in [6, 6.07) is 7.34. The molecule has 0 saturated carbocycles. The molecule has 2 unspecified atom stereocenters. The maximum Gasteiger partial charge on any atom is 0.238 e. The van der Waals surface area contributed by atoms with Gasteiger partial charge in [-0.15, -0.1) is 0 Å². The number of carbonyl (C=O) groups is 1. The van der Waals surface area contributed by atoms with Crippen LogP contribution in [0.15, 0.2) is 24.3 Å². The highest BCUT2D eigenvalue weighted by Gasteiger charge is 2.06. The van der Waals surface area contributed by atoms with E-state index >= 15 is 0 Å². The van der Waals surface area contributed by atoms with Crippen LogP contribution in [0.2, 0.25) is 0 Å². The monoisotopic (exact) mass is 298 g/mol. The van der Waals surface area contributed by atoms with Crippen molar-refractivity contribution in [3.63, 3.8) is 0 Å². The fourth-order valence-corrected chi connectivity index (χ4v) is 2.28. The van der Waals surface area contributed by atoms with Gasteiger partial charge < -0.3 is 15.4 Å². The van der Waals surface area contributed by atoms with Gasteiger partial charge in [-0.3, -0.25) is 9.00 Å². The predicted octanol–water partition coefficient (Wildman–Crippen LogP) is 1.38. The number of benzene rings is 1. The zero-order valence-corrected chi connectivity index (χ0v) is 13.0. The third-order valence-corrected chi connectivity index (χ3v) is 3.63. The summed E-state index contributed by atoms with van der Waals surface area (Å²) >= 11 is 0. The fourth-order valence-electron chi connectivity index (χ4n) is 1.59. The number of ether oxygens (including phenoxy) is 1. The minimum absolute atomic E-state index is 0.0976. The molecule has 0 aromatic heterocycles. The highest BCUT2D eigenvalue weighted by molar-refractivity contribution is 7.84. The number of anilines is 1. The molecule has 2 atom stereocenters. The lowest BCUT2D eigenvalue weighted by molar-refractivity contribution is -0.115. The van der Waals surface area contributed by atoms with Crippen molar-refractivity contribution in [3.8, 4) is 5.75 Å². The molecule has 0 aliphatic heterocycles. The van der Waals surface area contributed by atoms with E-state index in [-0.39, 0.29) is 18.5 Å². The van der Waals surface area contributed by atoms with Gasteiger partial charge in [0, 0.05) is 34.5 Å². The highest BCUT2D eigenvalue weighted by atomic mass is 32.2. The topological polar surface area (TPSA) is 67.4 Å². The van der Waals surface area contributed by atoms with Crippen LogP contribution in [0.1, 0.15) is 13.3 Å². The van der Waals surface area contributed by atoms with Gasteiger partial charge in [0.05, 0.1) is 13.7 Å². The number of hydrogen-bond donors (Lipinski definition) is 2. The van der Waals surface area contributed by atoms with Gasteiger partial charge in [0.25, 0.3) is 0 Å². The Kier molecular flexibility index (Phi) is 7.25. The first-order chi connectivity index (χ1) is 9.51. The molecule has 112 valence electrons. The van der Waals surface area contributed by atoms with E-state index in [1.165, 1.54) is 0 Å². The molecule has 0 aliphatic carbocycles. The molecule has 1 aromatic carbocycles. The molecule has 2 N–H and O–H groups in total. The van der Waals surface area contributed by atoms with Crippen LogP contribution in [0.4, 0.5) is 5.69 Å². The molecule has 20 heavy (non-hydrogen) atoms. The summed E-state index contributed by atoms with van der Waals surface area (Å²) in [6.07, 6.45) is 2.47. The standard InChI is InChI=1S/C14H22N2O3S/c1-11(8-9-20(3)18)15-10-14(17)16-12-4-6-13(19-2)7-5-12/h4-7,11,15H,8-10H2,1-3H3,(H,16,17). The zero-order chi connectivity index (χ0) is 15.0. The summed E-state index contributed by atoms with van der Waals surface area (Å²) in [5.41, 5.74) is 0.736. The summed E-state index contributed by atoms with van der Waals surface area (Å²) in [5.74, 6) is 1.30. The maximum absolute atomic E-state index is 11.7. The van der Waals surface area contributed by atoms with Crippen molar-refractivity contribution in [2.75, 3.05) is 31.0 Å². The van der Waals surface area contributed by atoms with Crippen molar-refractivity contribution >= 4 is 22.4 Å². The molecule has 0 bridgehead atoms. The molecular formula is C14H22N2O3S. The molecule has 1 amide bonds. The zero-order valence-electron chi connectivity index (χ0n) is 12.1. The smallest absolute Gasteiger partial charge is 0.238 e. The average Bonchev–Trinajstić information content (AvgIpc) is 2.43. The number of carbonyl (C=O) groups excluding carboxylic acids is 1. The van der Waals surface area contributed by atoms with Crippen LogP contribution in [0.3, 0.4) is 0 Å². The van der Waals surface area contributed by atoms with E-state index in [4.69, 9.17) is 4.74 Å². The Balaban J connectivity index is 2.30. The Morgan fingerprint density at radius 3 is 2.55 bits per heavy atom. The Labute approximate surface area is 122 Å². The number of amides is 1. The molecule has 0 saturated heterocycles. The van der Waals surface area contributed by atoms with Gasteiger partial charge in [-0.2, -0.15) is 0 Å². The van der Waals surface area contributed by atoms with Crippen LogP contribution in [0.5, 0.6) is 5.75 Å². The Bertz CT molecular complexity index is 448. The van der Waals surface area contributed by atoms with Crippen molar-refractivity contribution in [2.24, 2.45) is 0 Å². The summed E-state index contributed by atoms with van der Waals surface area (Å²) in [7, 11) is 0.812. The molecule has 5 nitrogen and oxygen atoms in total. The van der Waals surface area contributed by atoms with E-state index in [0.717, 1.165) is 17.9 Å². The normalized spacial score (nSPS) is 13.6. The van der Waals surface area contributed by atoms with E-state index in [2.05, 4.69) is 10.6 Å². The van der Waals surface area contributed by atoms with Crippen molar-refractivity contribution in [2.45, 2.75) is 19.4 Å².